The van der Waals surface area contributed by atoms with Crippen molar-refractivity contribution in [3.8, 4) is 5.75 Å². The van der Waals surface area contributed by atoms with Crippen LogP contribution in [0.1, 0.15) is 6.42 Å². The van der Waals surface area contributed by atoms with E-state index in [2.05, 4.69) is 9.73 Å². The number of nitrogens with one attached hydrogen (secondary N) is 1. The second kappa shape index (κ2) is 3.41. The number of aromatic hydroxyl groups is 1. The fourth-order valence-electron chi connectivity index (χ4n) is 1.36. The molecule has 0 unspecified atom stereocenters. The van der Waals surface area contributed by atoms with Crippen molar-refractivity contribution < 1.29 is 23.1 Å². The van der Waals surface area contributed by atoms with Gasteiger partial charge in [0.15, 0.2) is 0 Å². The molecule has 1 aliphatic heterocycles. The number of hydrogen-bond donors (Lipinski definition) is 2. The molecule has 0 bridgehead atoms. The maximum absolute atomic E-state index is 13.2. The highest BCUT2D eigenvalue weighted by atomic mass is 19.1. The number of carbonyl (C=O) groups excluding carboxylic acids is 1. The van der Waals surface area contributed by atoms with Crippen molar-refractivity contribution in [3.63, 3.8) is 0 Å². The van der Waals surface area contributed by atoms with E-state index in [1.165, 1.54) is 0 Å². The average molecular weight is 218 g/mol. The highest BCUT2D eigenvalue weighted by molar-refractivity contribution is 5.91. The largest absolute Gasteiger partial charge is 0.500 e. The lowest BCUT2D eigenvalue weighted by Gasteiger charge is -2.24. The SMILES string of the molecule is O=C1NCCCN1c1oc(F)c(O)c1F. The normalized spacial score (nSPS) is 16.7. The fourth-order valence-corrected chi connectivity index (χ4v) is 1.36. The monoisotopic (exact) mass is 218 g/mol. The molecule has 1 saturated heterocycles. The summed E-state index contributed by atoms with van der Waals surface area (Å²) in [7, 11) is 0. The van der Waals surface area contributed by atoms with Crippen LogP contribution in [0.3, 0.4) is 0 Å². The minimum absolute atomic E-state index is 0.217. The Morgan fingerprint density at radius 2 is 2.20 bits per heavy atom. The van der Waals surface area contributed by atoms with Gasteiger partial charge < -0.3 is 14.8 Å². The Balaban J connectivity index is 2.35. The van der Waals surface area contributed by atoms with Gasteiger partial charge in [-0.1, -0.05) is 0 Å². The molecule has 1 aliphatic rings. The van der Waals surface area contributed by atoms with Crippen LogP contribution in [-0.2, 0) is 0 Å². The molecule has 2 amide bonds. The second-order valence-electron chi connectivity index (χ2n) is 3.08. The van der Waals surface area contributed by atoms with E-state index in [9.17, 15) is 13.6 Å². The van der Waals surface area contributed by atoms with Crippen molar-refractivity contribution in [2.45, 2.75) is 6.42 Å². The van der Waals surface area contributed by atoms with Gasteiger partial charge in [0, 0.05) is 13.1 Å². The molecule has 0 aliphatic carbocycles. The topological polar surface area (TPSA) is 65.7 Å². The molecule has 0 aromatic carbocycles. The zero-order chi connectivity index (χ0) is 11.0. The number of amides is 2. The number of anilines is 1. The summed E-state index contributed by atoms with van der Waals surface area (Å²) in [5.74, 6) is -3.06. The van der Waals surface area contributed by atoms with Gasteiger partial charge in [0.25, 0.3) is 0 Å². The third-order valence-electron chi connectivity index (χ3n) is 2.09. The Hall–Kier alpha value is -1.79. The quantitative estimate of drug-likeness (QED) is 0.743. The van der Waals surface area contributed by atoms with Crippen molar-refractivity contribution in [2.75, 3.05) is 18.0 Å². The van der Waals surface area contributed by atoms with E-state index in [0.717, 1.165) is 4.90 Å². The van der Waals surface area contributed by atoms with Crippen molar-refractivity contribution in [1.82, 2.24) is 5.32 Å². The number of furan rings is 1. The van der Waals surface area contributed by atoms with E-state index in [-0.39, 0.29) is 6.54 Å². The van der Waals surface area contributed by atoms with Crippen LogP contribution in [0.5, 0.6) is 5.75 Å². The van der Waals surface area contributed by atoms with E-state index in [0.29, 0.717) is 13.0 Å². The highest BCUT2D eigenvalue weighted by Gasteiger charge is 2.30. The summed E-state index contributed by atoms with van der Waals surface area (Å²) in [6, 6.07) is -2.00. The third-order valence-corrected chi connectivity index (χ3v) is 2.09. The first kappa shape index (κ1) is 9.75. The number of hydrogen-bond acceptors (Lipinski definition) is 3. The van der Waals surface area contributed by atoms with E-state index in [1.807, 2.05) is 0 Å². The third kappa shape index (κ3) is 1.49. The van der Waals surface area contributed by atoms with Gasteiger partial charge in [-0.05, 0) is 6.42 Å². The molecule has 82 valence electrons. The predicted octanol–water partition coefficient (Wildman–Crippen LogP) is 1.18. The molecule has 2 heterocycles. The number of halogens is 2. The van der Waals surface area contributed by atoms with Gasteiger partial charge in [0.2, 0.25) is 17.5 Å². The van der Waals surface area contributed by atoms with Crippen molar-refractivity contribution in [1.29, 1.82) is 0 Å². The molecule has 1 aromatic heterocycles. The van der Waals surface area contributed by atoms with Crippen LogP contribution in [0.25, 0.3) is 0 Å². The molecular formula is C8H8F2N2O3. The van der Waals surface area contributed by atoms with Crippen LogP contribution in [0.2, 0.25) is 0 Å². The van der Waals surface area contributed by atoms with Crippen molar-refractivity contribution >= 4 is 11.9 Å². The van der Waals surface area contributed by atoms with Crippen molar-refractivity contribution in [3.05, 3.63) is 11.8 Å². The summed E-state index contributed by atoms with van der Waals surface area (Å²) in [4.78, 5) is 12.2. The standard InChI is InChI=1S/C8H8F2N2O3/c9-4-5(13)6(10)15-7(4)12-3-1-2-11-8(12)14/h13H,1-3H2,(H,11,14). The Morgan fingerprint density at radius 1 is 1.47 bits per heavy atom. The molecule has 0 atom stereocenters. The molecule has 1 fully saturated rings. The summed E-state index contributed by atoms with van der Waals surface area (Å²) in [6.45, 7) is 0.696. The molecule has 1 aromatic rings. The van der Waals surface area contributed by atoms with E-state index in [1.54, 1.807) is 0 Å². The van der Waals surface area contributed by atoms with E-state index < -0.39 is 29.5 Å². The summed E-state index contributed by atoms with van der Waals surface area (Å²) < 4.78 is 30.2. The number of nitrogens with zero attached hydrogens (tertiary/aromatic N) is 1. The average Bonchev–Trinajstić information content (AvgIpc) is 2.47. The Morgan fingerprint density at radius 3 is 2.73 bits per heavy atom. The zero-order valence-corrected chi connectivity index (χ0v) is 7.59. The van der Waals surface area contributed by atoms with Gasteiger partial charge in [-0.3, -0.25) is 4.90 Å². The van der Waals surface area contributed by atoms with E-state index >= 15 is 0 Å². The van der Waals surface area contributed by atoms with Gasteiger partial charge >= 0.3 is 12.0 Å². The Labute approximate surface area is 83.3 Å². The van der Waals surface area contributed by atoms with Gasteiger partial charge in [0.05, 0.1) is 0 Å². The molecule has 0 spiro atoms. The molecule has 0 saturated carbocycles. The van der Waals surface area contributed by atoms with Crippen LogP contribution in [0.4, 0.5) is 19.5 Å². The number of urea groups is 1. The van der Waals surface area contributed by atoms with Crippen LogP contribution in [0, 0.1) is 11.8 Å². The maximum Gasteiger partial charge on any atom is 0.325 e. The molecule has 2 N–H and O–H groups in total. The minimum Gasteiger partial charge on any atom is -0.500 e. The summed E-state index contributed by atoms with van der Waals surface area (Å²) in [6.07, 6.45) is 0.592. The second-order valence-corrected chi connectivity index (χ2v) is 3.08. The maximum atomic E-state index is 13.2. The van der Waals surface area contributed by atoms with Gasteiger partial charge in [-0.2, -0.15) is 8.78 Å². The van der Waals surface area contributed by atoms with Crippen molar-refractivity contribution in [2.24, 2.45) is 0 Å². The highest BCUT2D eigenvalue weighted by Crippen LogP contribution is 2.33. The number of rotatable bonds is 1. The Bertz CT molecular complexity index is 405. The predicted molar refractivity (Wildman–Crippen MR) is 45.7 cm³/mol. The van der Waals surface area contributed by atoms with Gasteiger partial charge in [0.1, 0.15) is 0 Å². The minimum atomic E-state index is -1.43. The van der Waals surface area contributed by atoms with Crippen LogP contribution in [0.15, 0.2) is 4.42 Å². The van der Waals surface area contributed by atoms with E-state index in [4.69, 9.17) is 5.11 Å². The molecule has 7 heteroatoms. The molecule has 15 heavy (non-hydrogen) atoms. The van der Waals surface area contributed by atoms with Gasteiger partial charge in [-0.15, -0.1) is 0 Å². The smallest absolute Gasteiger partial charge is 0.325 e. The molecule has 2 rings (SSSR count). The molecule has 0 radical (unpaired) electrons. The molecule has 5 nitrogen and oxygen atoms in total. The zero-order valence-electron chi connectivity index (χ0n) is 7.59. The first-order chi connectivity index (χ1) is 7.11. The summed E-state index contributed by atoms with van der Waals surface area (Å²) >= 11 is 0. The lowest BCUT2D eigenvalue weighted by molar-refractivity contribution is 0.240. The summed E-state index contributed by atoms with van der Waals surface area (Å²) in [5.41, 5.74) is 0. The van der Waals surface area contributed by atoms with Gasteiger partial charge in [-0.25, -0.2) is 4.79 Å². The van der Waals surface area contributed by atoms with Crippen LogP contribution >= 0.6 is 0 Å². The summed E-state index contributed by atoms with van der Waals surface area (Å²) in [5, 5.41) is 11.3. The number of carbonyl (C=O) groups is 1. The lowest BCUT2D eigenvalue weighted by atomic mass is 10.3. The molecular weight excluding hydrogens is 210 g/mol. The van der Waals surface area contributed by atoms with Crippen LogP contribution < -0.4 is 10.2 Å². The van der Waals surface area contributed by atoms with Crippen LogP contribution in [-0.4, -0.2) is 24.2 Å². The first-order valence-corrected chi connectivity index (χ1v) is 4.33. The Kier molecular flexibility index (Phi) is 2.22. The lowest BCUT2D eigenvalue weighted by Crippen LogP contribution is -2.46. The first-order valence-electron chi connectivity index (χ1n) is 4.33. The fraction of sp³-hybridized carbons (Fsp3) is 0.375.